The normalized spacial score (nSPS) is 18.8. The standard InChI is InChI=1S/C11H18BNO4/c1-3-4-5-6-7-12-16-10(14)8-13(2)9-11(15)17-12/h6-7H,3-5,8-9H2,1-2H3/b7-6+. The number of carbonyl (C=O) groups is 2. The van der Waals surface area contributed by atoms with Gasteiger partial charge in [-0.1, -0.05) is 25.8 Å². The van der Waals surface area contributed by atoms with Crippen LogP contribution in [0.15, 0.2) is 12.1 Å². The summed E-state index contributed by atoms with van der Waals surface area (Å²) < 4.78 is 10.0. The van der Waals surface area contributed by atoms with Gasteiger partial charge < -0.3 is 9.31 Å². The van der Waals surface area contributed by atoms with Crippen LogP contribution in [0.3, 0.4) is 0 Å². The molecule has 0 unspecified atom stereocenters. The number of allylic oxidation sites excluding steroid dienone is 1. The molecule has 5 nitrogen and oxygen atoms in total. The lowest BCUT2D eigenvalue weighted by Crippen LogP contribution is -2.41. The second-order valence-electron chi connectivity index (χ2n) is 4.09. The highest BCUT2D eigenvalue weighted by molar-refractivity contribution is 6.54. The molecule has 0 aromatic rings. The van der Waals surface area contributed by atoms with Crippen LogP contribution in [0, 0.1) is 0 Å². The molecule has 1 heterocycles. The Bertz CT molecular complexity index is 286. The number of likely N-dealkylation sites (N-methyl/N-ethyl adjacent to an activating group) is 1. The van der Waals surface area contributed by atoms with Crippen LogP contribution in [0.2, 0.25) is 0 Å². The number of nitrogens with zero attached hydrogens (tertiary/aromatic N) is 1. The summed E-state index contributed by atoms with van der Waals surface area (Å²) in [5.74, 6) is 0.854. The fourth-order valence-corrected chi connectivity index (χ4v) is 1.46. The topological polar surface area (TPSA) is 55.8 Å². The first-order chi connectivity index (χ1) is 8.11. The molecule has 1 aliphatic rings. The van der Waals surface area contributed by atoms with E-state index in [1.807, 2.05) is 6.08 Å². The summed E-state index contributed by atoms with van der Waals surface area (Å²) in [7, 11) is 0.792. The Morgan fingerprint density at radius 3 is 2.41 bits per heavy atom. The van der Waals surface area contributed by atoms with E-state index in [-0.39, 0.29) is 25.0 Å². The maximum Gasteiger partial charge on any atom is 0.628 e. The van der Waals surface area contributed by atoms with Crippen molar-refractivity contribution in [3.05, 3.63) is 12.1 Å². The monoisotopic (exact) mass is 239 g/mol. The Hall–Kier alpha value is -1.30. The van der Waals surface area contributed by atoms with Crippen molar-refractivity contribution < 1.29 is 18.9 Å². The molecule has 0 N–H and O–H groups in total. The van der Waals surface area contributed by atoms with Gasteiger partial charge in [-0.05, 0) is 19.4 Å². The molecule has 0 saturated carbocycles. The predicted octanol–water partition coefficient (Wildman–Crippen LogP) is 0.792. The first kappa shape index (κ1) is 13.8. The summed E-state index contributed by atoms with van der Waals surface area (Å²) >= 11 is 0. The minimum Gasteiger partial charge on any atom is -0.495 e. The van der Waals surface area contributed by atoms with E-state index in [0.717, 1.165) is 19.3 Å². The van der Waals surface area contributed by atoms with Gasteiger partial charge in [0.15, 0.2) is 0 Å². The summed E-state index contributed by atoms with van der Waals surface area (Å²) in [4.78, 5) is 24.3. The molecule has 1 saturated heterocycles. The first-order valence-electron chi connectivity index (χ1n) is 5.86. The Balaban J connectivity index is 2.49. The van der Waals surface area contributed by atoms with Crippen molar-refractivity contribution in [1.29, 1.82) is 0 Å². The molecule has 0 aromatic heterocycles. The van der Waals surface area contributed by atoms with Crippen LogP contribution in [0.5, 0.6) is 0 Å². The van der Waals surface area contributed by atoms with Crippen molar-refractivity contribution in [2.45, 2.75) is 26.2 Å². The van der Waals surface area contributed by atoms with E-state index < -0.39 is 7.12 Å². The van der Waals surface area contributed by atoms with Crippen LogP contribution < -0.4 is 0 Å². The molecule has 0 bridgehead atoms. The Morgan fingerprint density at radius 2 is 1.88 bits per heavy atom. The minimum absolute atomic E-state index is 0.106. The summed E-state index contributed by atoms with van der Waals surface area (Å²) in [6, 6.07) is 0. The molecule has 1 fully saturated rings. The van der Waals surface area contributed by atoms with Gasteiger partial charge in [0.05, 0.1) is 13.1 Å². The molecule has 1 aliphatic heterocycles. The lowest BCUT2D eigenvalue weighted by molar-refractivity contribution is -0.145. The minimum atomic E-state index is -0.874. The van der Waals surface area contributed by atoms with E-state index in [0.29, 0.717) is 0 Å². The third-order valence-corrected chi connectivity index (χ3v) is 2.31. The third-order valence-electron chi connectivity index (χ3n) is 2.31. The summed E-state index contributed by atoms with van der Waals surface area (Å²) in [5, 5.41) is 0. The molecule has 0 amide bonds. The molecular weight excluding hydrogens is 221 g/mol. The van der Waals surface area contributed by atoms with E-state index in [2.05, 4.69) is 6.92 Å². The SMILES string of the molecule is CCCC/C=C/B1OC(=O)CN(C)CC(=O)O1. The average molecular weight is 239 g/mol. The largest absolute Gasteiger partial charge is 0.628 e. The van der Waals surface area contributed by atoms with Gasteiger partial charge in [0, 0.05) is 0 Å². The third kappa shape index (κ3) is 5.54. The zero-order valence-corrected chi connectivity index (χ0v) is 10.3. The van der Waals surface area contributed by atoms with E-state index in [1.165, 1.54) is 0 Å². The van der Waals surface area contributed by atoms with Crippen molar-refractivity contribution in [3.63, 3.8) is 0 Å². The van der Waals surface area contributed by atoms with E-state index in [4.69, 9.17) is 9.31 Å². The van der Waals surface area contributed by atoms with Crippen LogP contribution >= 0.6 is 0 Å². The van der Waals surface area contributed by atoms with Crippen molar-refractivity contribution in [2.75, 3.05) is 20.1 Å². The molecule has 0 atom stereocenters. The lowest BCUT2D eigenvalue weighted by atomic mass is 9.88. The van der Waals surface area contributed by atoms with Gasteiger partial charge in [0.25, 0.3) is 0 Å². The molecule has 0 aromatic carbocycles. The molecule has 6 heteroatoms. The van der Waals surface area contributed by atoms with Crippen molar-refractivity contribution in [2.24, 2.45) is 0 Å². The summed E-state index contributed by atoms with van der Waals surface area (Å²) in [5.41, 5.74) is 0. The second kappa shape index (κ2) is 7.11. The summed E-state index contributed by atoms with van der Waals surface area (Å²) in [6.07, 6.45) is 4.93. The van der Waals surface area contributed by atoms with Crippen LogP contribution in [-0.2, 0) is 18.9 Å². The average Bonchev–Trinajstić information content (AvgIpc) is 2.21. The zero-order chi connectivity index (χ0) is 12.7. The molecule has 1 rings (SSSR count). The number of hydrogen-bond donors (Lipinski definition) is 0. The van der Waals surface area contributed by atoms with Crippen LogP contribution in [0.4, 0.5) is 0 Å². The Labute approximate surface area is 102 Å². The zero-order valence-electron chi connectivity index (χ0n) is 10.3. The maximum atomic E-state index is 11.4. The second-order valence-corrected chi connectivity index (χ2v) is 4.09. The lowest BCUT2D eigenvalue weighted by Gasteiger charge is -2.21. The van der Waals surface area contributed by atoms with Crippen molar-refractivity contribution >= 4 is 19.1 Å². The Morgan fingerprint density at radius 1 is 1.29 bits per heavy atom. The number of unbranched alkanes of at least 4 members (excludes halogenated alkanes) is 2. The summed E-state index contributed by atoms with van der Waals surface area (Å²) in [6.45, 7) is 2.31. The quantitative estimate of drug-likeness (QED) is 0.536. The van der Waals surface area contributed by atoms with E-state index in [9.17, 15) is 9.59 Å². The molecule has 0 aliphatic carbocycles. The maximum absolute atomic E-state index is 11.4. The number of hydrogen-bond acceptors (Lipinski definition) is 5. The highest BCUT2D eigenvalue weighted by Gasteiger charge is 2.28. The van der Waals surface area contributed by atoms with Gasteiger partial charge in [-0.3, -0.25) is 14.5 Å². The van der Waals surface area contributed by atoms with Crippen LogP contribution in [0.1, 0.15) is 26.2 Å². The molecular formula is C11H18BNO4. The molecule has 94 valence electrons. The van der Waals surface area contributed by atoms with Gasteiger partial charge in [-0.25, -0.2) is 0 Å². The van der Waals surface area contributed by atoms with Gasteiger partial charge in [0.1, 0.15) is 0 Å². The number of rotatable bonds is 4. The molecule has 0 radical (unpaired) electrons. The van der Waals surface area contributed by atoms with Crippen molar-refractivity contribution in [1.82, 2.24) is 4.90 Å². The van der Waals surface area contributed by atoms with E-state index >= 15 is 0 Å². The van der Waals surface area contributed by atoms with Gasteiger partial charge >= 0.3 is 19.1 Å². The van der Waals surface area contributed by atoms with Gasteiger partial charge in [0.2, 0.25) is 0 Å². The predicted molar refractivity (Wildman–Crippen MR) is 64.1 cm³/mol. The molecule has 0 spiro atoms. The highest BCUT2D eigenvalue weighted by Crippen LogP contribution is 2.03. The smallest absolute Gasteiger partial charge is 0.495 e. The Kier molecular flexibility index (Phi) is 5.76. The molecule has 17 heavy (non-hydrogen) atoms. The van der Waals surface area contributed by atoms with Gasteiger partial charge in [-0.2, -0.15) is 0 Å². The fraction of sp³-hybridized carbons (Fsp3) is 0.636. The van der Waals surface area contributed by atoms with Gasteiger partial charge in [-0.15, -0.1) is 0 Å². The van der Waals surface area contributed by atoms with Crippen LogP contribution in [-0.4, -0.2) is 44.1 Å². The van der Waals surface area contributed by atoms with E-state index in [1.54, 1.807) is 17.9 Å². The highest BCUT2D eigenvalue weighted by atomic mass is 16.6. The van der Waals surface area contributed by atoms with Crippen LogP contribution in [0.25, 0.3) is 0 Å². The fourth-order valence-electron chi connectivity index (χ4n) is 1.46. The number of carbonyl (C=O) groups excluding carboxylic acids is 2. The van der Waals surface area contributed by atoms with Crippen molar-refractivity contribution in [3.8, 4) is 0 Å². The first-order valence-corrected chi connectivity index (χ1v) is 5.86.